The molecule has 0 aliphatic heterocycles. The van der Waals surface area contributed by atoms with Crippen molar-refractivity contribution < 1.29 is 9.84 Å². The van der Waals surface area contributed by atoms with Crippen molar-refractivity contribution >= 4 is 23.5 Å². The van der Waals surface area contributed by atoms with Crippen LogP contribution in [0.3, 0.4) is 0 Å². The van der Waals surface area contributed by atoms with Crippen LogP contribution in [-0.4, -0.2) is 24.5 Å². The third kappa shape index (κ3) is 5.14. The van der Waals surface area contributed by atoms with Gasteiger partial charge in [0.25, 0.3) is 0 Å². The van der Waals surface area contributed by atoms with Crippen LogP contribution in [0.25, 0.3) is 0 Å². The van der Waals surface area contributed by atoms with Crippen LogP contribution in [0, 0.1) is 0 Å². The molecule has 0 saturated heterocycles. The molecule has 0 atom stereocenters. The number of thiocarbonyl (C=S) groups is 1. The molecule has 0 amide bonds. The lowest BCUT2D eigenvalue weighted by molar-refractivity contribution is -0.500. The Kier molecular flexibility index (Phi) is 6.79. The summed E-state index contributed by atoms with van der Waals surface area (Å²) < 4.78 is 5.64. The van der Waals surface area contributed by atoms with E-state index in [1.54, 1.807) is 0 Å². The number of para-hydroxylation sites is 1. The second-order valence-corrected chi connectivity index (χ2v) is 4.07. The highest BCUT2D eigenvalue weighted by molar-refractivity contribution is 7.80. The first-order valence-corrected chi connectivity index (χ1v) is 6.53. The fourth-order valence-electron chi connectivity index (χ4n) is 1.33. The van der Waals surface area contributed by atoms with Crippen molar-refractivity contribution in [1.29, 1.82) is 0 Å². The van der Waals surface area contributed by atoms with E-state index in [1.807, 2.05) is 37.4 Å². The van der Waals surface area contributed by atoms with E-state index < -0.39 is 0 Å². The zero-order valence-corrected chi connectivity index (χ0v) is 11.6. The van der Waals surface area contributed by atoms with Crippen LogP contribution in [0.2, 0.25) is 0 Å². The van der Waals surface area contributed by atoms with Crippen LogP contribution < -0.4 is 20.6 Å². The summed E-state index contributed by atoms with van der Waals surface area (Å²) in [6.07, 6.45) is 2.82. The van der Waals surface area contributed by atoms with Crippen molar-refractivity contribution in [2.45, 2.75) is 20.3 Å². The number of hydrogen-bond acceptors (Lipinski definition) is 2. The van der Waals surface area contributed by atoms with Crippen LogP contribution in [-0.2, 0) is 0 Å². The second-order valence-electron chi connectivity index (χ2n) is 3.66. The standard InChI is InChI=1S/C13H19N3OS/c1-3-9-17-12-8-6-5-7-11(12)10-15-16-13(18)14-4-2/h5-8,10H,3-4,9H2,1-2H3,(H2,14,16,18)/p+1. The molecule has 0 unspecified atom stereocenters. The van der Waals surface area contributed by atoms with E-state index in [1.165, 1.54) is 0 Å². The molecule has 18 heavy (non-hydrogen) atoms. The highest BCUT2D eigenvalue weighted by atomic mass is 32.1. The minimum Gasteiger partial charge on any atom is -0.493 e. The maximum atomic E-state index is 5.64. The molecule has 0 fully saturated rings. The number of hydrazine groups is 1. The highest BCUT2D eigenvalue weighted by Crippen LogP contribution is 2.14. The van der Waals surface area contributed by atoms with E-state index in [0.717, 1.165) is 24.3 Å². The van der Waals surface area contributed by atoms with Crippen LogP contribution in [0.5, 0.6) is 5.75 Å². The summed E-state index contributed by atoms with van der Waals surface area (Å²) in [5.41, 5.74) is 3.86. The summed E-state index contributed by atoms with van der Waals surface area (Å²) in [5.74, 6) is 0.864. The van der Waals surface area contributed by atoms with Gasteiger partial charge in [0.05, 0.1) is 12.2 Å². The lowest BCUT2D eigenvalue weighted by Crippen LogP contribution is -2.82. The molecule has 98 valence electrons. The maximum absolute atomic E-state index is 5.64. The number of benzene rings is 1. The molecule has 3 N–H and O–H groups in total. The second kappa shape index (κ2) is 8.47. The Labute approximate surface area is 113 Å². The van der Waals surface area contributed by atoms with Gasteiger partial charge in [0, 0.05) is 6.54 Å². The Balaban J connectivity index is 2.59. The predicted molar refractivity (Wildman–Crippen MR) is 77.8 cm³/mol. The van der Waals surface area contributed by atoms with E-state index in [9.17, 15) is 0 Å². The molecule has 0 spiro atoms. The lowest BCUT2D eigenvalue weighted by Gasteiger charge is -2.05. The van der Waals surface area contributed by atoms with Crippen molar-refractivity contribution in [3.63, 3.8) is 0 Å². The normalized spacial score (nSPS) is 10.3. The molecule has 0 aliphatic rings. The van der Waals surface area contributed by atoms with Crippen LogP contribution in [0.15, 0.2) is 24.3 Å². The lowest BCUT2D eigenvalue weighted by atomic mass is 10.2. The van der Waals surface area contributed by atoms with Gasteiger partial charge in [-0.1, -0.05) is 19.1 Å². The van der Waals surface area contributed by atoms with Gasteiger partial charge in [0.1, 0.15) is 5.75 Å². The fourth-order valence-corrected chi connectivity index (χ4v) is 1.53. The summed E-state index contributed by atoms with van der Waals surface area (Å²) in [6, 6.07) is 7.86. The van der Waals surface area contributed by atoms with Crippen molar-refractivity contribution in [3.05, 3.63) is 29.8 Å². The molecule has 0 aromatic heterocycles. The average molecular weight is 266 g/mol. The SMILES string of the molecule is CCCOc1ccccc1C=[NH+]NC(=S)NCC. The van der Waals surface area contributed by atoms with E-state index in [0.29, 0.717) is 11.7 Å². The van der Waals surface area contributed by atoms with E-state index in [-0.39, 0.29) is 0 Å². The molecular formula is C13H20N3OS+. The molecule has 1 aromatic carbocycles. The molecule has 1 aromatic rings. The summed E-state index contributed by atoms with van der Waals surface area (Å²) >= 11 is 5.04. The van der Waals surface area contributed by atoms with Crippen LogP contribution in [0.1, 0.15) is 25.8 Å². The Bertz CT molecular complexity index is 407. The quantitative estimate of drug-likeness (QED) is 0.396. The van der Waals surface area contributed by atoms with Gasteiger partial charge in [-0.25, -0.2) is 0 Å². The average Bonchev–Trinajstić information content (AvgIpc) is 2.38. The summed E-state index contributed by atoms with van der Waals surface area (Å²) in [6.45, 7) is 5.59. The first kappa shape index (κ1) is 14.4. The van der Waals surface area contributed by atoms with Crippen LogP contribution in [0.4, 0.5) is 0 Å². The van der Waals surface area contributed by atoms with Gasteiger partial charge in [-0.2, -0.15) is 0 Å². The first-order valence-electron chi connectivity index (χ1n) is 6.12. The zero-order chi connectivity index (χ0) is 13.2. The van der Waals surface area contributed by atoms with Gasteiger partial charge in [0.15, 0.2) is 0 Å². The van der Waals surface area contributed by atoms with E-state index in [2.05, 4.69) is 22.8 Å². The van der Waals surface area contributed by atoms with Crippen molar-refractivity contribution in [3.8, 4) is 5.75 Å². The molecule has 0 saturated carbocycles. The van der Waals surface area contributed by atoms with Gasteiger partial charge in [0.2, 0.25) is 11.3 Å². The summed E-state index contributed by atoms with van der Waals surface area (Å²) in [5, 5.41) is 6.50. The molecular weight excluding hydrogens is 246 g/mol. The van der Waals surface area contributed by atoms with Gasteiger partial charge >= 0.3 is 0 Å². The Morgan fingerprint density at radius 2 is 2.17 bits per heavy atom. The molecule has 1 rings (SSSR count). The predicted octanol–water partition coefficient (Wildman–Crippen LogP) is 0.374. The molecule has 0 aliphatic carbocycles. The van der Waals surface area contributed by atoms with Gasteiger partial charge in [-0.15, -0.1) is 10.5 Å². The molecule has 0 bridgehead atoms. The third-order valence-corrected chi connectivity index (χ3v) is 2.38. The van der Waals surface area contributed by atoms with Crippen molar-refractivity contribution in [2.75, 3.05) is 13.2 Å². The highest BCUT2D eigenvalue weighted by Gasteiger charge is 2.02. The Morgan fingerprint density at radius 3 is 2.89 bits per heavy atom. The van der Waals surface area contributed by atoms with Gasteiger partial charge < -0.3 is 10.1 Å². The van der Waals surface area contributed by atoms with Gasteiger partial charge in [-0.05, 0) is 37.7 Å². The van der Waals surface area contributed by atoms with Gasteiger partial charge in [-0.3, -0.25) is 0 Å². The fraction of sp³-hybridized carbons (Fsp3) is 0.385. The number of hydrogen-bond donors (Lipinski definition) is 3. The van der Waals surface area contributed by atoms with E-state index in [4.69, 9.17) is 17.0 Å². The third-order valence-electron chi connectivity index (χ3n) is 2.13. The topological polar surface area (TPSA) is 47.3 Å². The molecule has 4 nitrogen and oxygen atoms in total. The largest absolute Gasteiger partial charge is 0.493 e. The minimum atomic E-state index is 0.570. The number of nitrogens with one attached hydrogen (secondary N) is 3. The summed E-state index contributed by atoms with van der Waals surface area (Å²) in [4.78, 5) is 0. The van der Waals surface area contributed by atoms with E-state index >= 15 is 0 Å². The number of ether oxygens (including phenoxy) is 1. The molecule has 0 heterocycles. The minimum absolute atomic E-state index is 0.570. The van der Waals surface area contributed by atoms with Crippen LogP contribution >= 0.6 is 12.2 Å². The zero-order valence-electron chi connectivity index (χ0n) is 10.8. The first-order chi connectivity index (χ1) is 8.77. The number of hydrazone groups is 1. The molecule has 5 heteroatoms. The number of rotatable bonds is 6. The van der Waals surface area contributed by atoms with Crippen molar-refractivity contribution in [2.24, 2.45) is 0 Å². The smallest absolute Gasteiger partial charge is 0.223 e. The summed E-state index contributed by atoms with van der Waals surface area (Å²) in [7, 11) is 0. The maximum Gasteiger partial charge on any atom is 0.223 e. The Hall–Kier alpha value is -1.62. The van der Waals surface area contributed by atoms with Crippen molar-refractivity contribution in [1.82, 2.24) is 10.7 Å². The molecule has 0 radical (unpaired) electrons. The Morgan fingerprint density at radius 1 is 1.39 bits per heavy atom. The monoisotopic (exact) mass is 266 g/mol.